The van der Waals surface area contributed by atoms with E-state index in [1.807, 2.05) is 44.2 Å². The van der Waals surface area contributed by atoms with Crippen LogP contribution in [-0.4, -0.2) is 67.2 Å². The second kappa shape index (κ2) is 12.0. The molecule has 1 fully saturated rings. The number of rotatable bonds is 8. The largest absolute Gasteiger partial charge is 0.384 e. The molecular weight excluding hydrogens is 398 g/mol. The van der Waals surface area contributed by atoms with Crippen molar-refractivity contribution in [1.82, 2.24) is 20.4 Å². The number of hydrogen-bond acceptors (Lipinski definition) is 4. The molecule has 0 aromatic heterocycles. The zero-order chi connectivity index (χ0) is 22.8. The summed E-state index contributed by atoms with van der Waals surface area (Å²) < 4.78 is 0. The van der Waals surface area contributed by atoms with E-state index in [0.29, 0.717) is 19.0 Å². The summed E-state index contributed by atoms with van der Waals surface area (Å²) in [6.07, 6.45) is 1.24. The zero-order valence-corrected chi connectivity index (χ0v) is 19.8. The number of aliphatic hydroxyl groups is 1. The van der Waals surface area contributed by atoms with Gasteiger partial charge in [0.25, 0.3) is 0 Å². The normalized spacial score (nSPS) is 18.1. The Bertz CT molecular complexity index is 835. The lowest BCUT2D eigenvalue weighted by molar-refractivity contribution is 0.0617. The first-order chi connectivity index (χ1) is 15.5. The van der Waals surface area contributed by atoms with Gasteiger partial charge in [-0.2, -0.15) is 0 Å². The third-order valence-corrected chi connectivity index (χ3v) is 6.00. The summed E-state index contributed by atoms with van der Waals surface area (Å²) in [5.41, 5.74) is 2.44. The van der Waals surface area contributed by atoms with E-state index in [1.54, 1.807) is 0 Å². The van der Waals surface area contributed by atoms with E-state index in [0.717, 1.165) is 31.7 Å². The molecule has 2 aromatic carbocycles. The first-order valence-electron chi connectivity index (χ1n) is 11.7. The maximum Gasteiger partial charge on any atom is 0.191 e. The van der Waals surface area contributed by atoms with Crippen molar-refractivity contribution < 1.29 is 5.11 Å². The average molecular weight is 438 g/mol. The fraction of sp³-hybridized carbons (Fsp3) is 0.500. The van der Waals surface area contributed by atoms with Crippen molar-refractivity contribution in [3.05, 3.63) is 71.3 Å². The van der Waals surface area contributed by atoms with Gasteiger partial charge < -0.3 is 20.6 Å². The lowest BCUT2D eigenvalue weighted by Gasteiger charge is -2.25. The van der Waals surface area contributed by atoms with Gasteiger partial charge in [0.05, 0.1) is 13.1 Å². The molecule has 174 valence electrons. The highest BCUT2D eigenvalue weighted by molar-refractivity contribution is 5.79. The highest BCUT2D eigenvalue weighted by atomic mass is 16.3. The number of likely N-dealkylation sites (N-methyl/N-ethyl adjacent to an activating group) is 1. The highest BCUT2D eigenvalue weighted by Crippen LogP contribution is 2.19. The van der Waals surface area contributed by atoms with Gasteiger partial charge in [0.2, 0.25) is 0 Å². The molecule has 1 saturated heterocycles. The quantitative estimate of drug-likeness (QED) is 0.438. The van der Waals surface area contributed by atoms with Crippen LogP contribution < -0.4 is 10.6 Å². The minimum atomic E-state index is -0.971. The van der Waals surface area contributed by atoms with Gasteiger partial charge in [0.1, 0.15) is 5.60 Å². The lowest BCUT2D eigenvalue weighted by Crippen LogP contribution is -2.44. The first-order valence-corrected chi connectivity index (χ1v) is 11.7. The molecule has 1 unspecified atom stereocenters. The Labute approximate surface area is 193 Å². The molecule has 2 aromatic rings. The standard InChI is InChI=1S/C26H39N5O/c1-4-27-25(29-21-26(2,32)24-9-6-5-7-10-24)28-19-22-11-13-23(14-12-22)20-31-16-8-15-30(3)17-18-31/h5-7,9-14,32H,4,8,15-21H2,1-3H3,(H2,27,28,29). The van der Waals surface area contributed by atoms with Crippen LogP contribution >= 0.6 is 0 Å². The monoisotopic (exact) mass is 437 g/mol. The average Bonchev–Trinajstić information content (AvgIpc) is 3.01. The Kier molecular flexibility index (Phi) is 9.09. The molecule has 1 heterocycles. The molecule has 0 radical (unpaired) electrons. The molecule has 0 amide bonds. The fourth-order valence-electron chi connectivity index (χ4n) is 3.93. The van der Waals surface area contributed by atoms with E-state index in [-0.39, 0.29) is 0 Å². The SMILES string of the molecule is CCNC(=NCc1ccc(CN2CCCN(C)CC2)cc1)NCC(C)(O)c1ccccc1. The van der Waals surface area contributed by atoms with E-state index in [1.165, 1.54) is 30.6 Å². The van der Waals surface area contributed by atoms with E-state index in [2.05, 4.69) is 51.7 Å². The molecular formula is C26H39N5O. The van der Waals surface area contributed by atoms with E-state index >= 15 is 0 Å². The summed E-state index contributed by atoms with van der Waals surface area (Å²) >= 11 is 0. The van der Waals surface area contributed by atoms with Crippen molar-refractivity contribution >= 4 is 5.96 Å². The summed E-state index contributed by atoms with van der Waals surface area (Å²) in [5, 5.41) is 17.4. The van der Waals surface area contributed by atoms with Crippen LogP contribution in [0.25, 0.3) is 0 Å². The van der Waals surface area contributed by atoms with Gasteiger partial charge in [-0.3, -0.25) is 4.90 Å². The summed E-state index contributed by atoms with van der Waals surface area (Å²) in [6.45, 7) is 11.3. The number of hydrogen-bond donors (Lipinski definition) is 3. The summed E-state index contributed by atoms with van der Waals surface area (Å²) in [5.74, 6) is 0.710. The van der Waals surface area contributed by atoms with Crippen LogP contribution in [0.4, 0.5) is 0 Å². The van der Waals surface area contributed by atoms with Gasteiger partial charge in [-0.15, -0.1) is 0 Å². The van der Waals surface area contributed by atoms with Crippen molar-refractivity contribution in [2.24, 2.45) is 4.99 Å². The molecule has 6 nitrogen and oxygen atoms in total. The second-order valence-electron chi connectivity index (χ2n) is 8.94. The van der Waals surface area contributed by atoms with Crippen molar-refractivity contribution in [3.8, 4) is 0 Å². The Hall–Kier alpha value is -2.41. The first kappa shape index (κ1) is 24.2. The smallest absolute Gasteiger partial charge is 0.191 e. The Morgan fingerprint density at radius 3 is 2.41 bits per heavy atom. The molecule has 0 spiro atoms. The van der Waals surface area contributed by atoms with Crippen LogP contribution in [0.1, 0.15) is 37.0 Å². The van der Waals surface area contributed by atoms with Crippen LogP contribution in [-0.2, 0) is 18.7 Å². The molecule has 1 aliphatic heterocycles. The number of nitrogens with one attached hydrogen (secondary N) is 2. The van der Waals surface area contributed by atoms with Gasteiger partial charge in [0.15, 0.2) is 5.96 Å². The third-order valence-electron chi connectivity index (χ3n) is 6.00. The zero-order valence-electron chi connectivity index (χ0n) is 19.8. The van der Waals surface area contributed by atoms with E-state index in [4.69, 9.17) is 4.99 Å². The second-order valence-corrected chi connectivity index (χ2v) is 8.94. The van der Waals surface area contributed by atoms with Crippen LogP contribution in [0.5, 0.6) is 0 Å². The van der Waals surface area contributed by atoms with Crippen LogP contribution in [0, 0.1) is 0 Å². The molecule has 0 saturated carbocycles. The van der Waals surface area contributed by atoms with Crippen molar-refractivity contribution in [2.75, 3.05) is 46.3 Å². The third kappa shape index (κ3) is 7.62. The van der Waals surface area contributed by atoms with Gasteiger partial charge >= 0.3 is 0 Å². The molecule has 1 aliphatic rings. The predicted molar refractivity (Wildman–Crippen MR) is 133 cm³/mol. The van der Waals surface area contributed by atoms with Crippen LogP contribution in [0.15, 0.2) is 59.6 Å². The van der Waals surface area contributed by atoms with Gasteiger partial charge in [0, 0.05) is 26.2 Å². The Balaban J connectivity index is 1.54. The van der Waals surface area contributed by atoms with E-state index < -0.39 is 5.60 Å². The number of nitrogens with zero attached hydrogens (tertiary/aromatic N) is 3. The Morgan fingerprint density at radius 2 is 1.69 bits per heavy atom. The van der Waals surface area contributed by atoms with Gasteiger partial charge in [-0.25, -0.2) is 4.99 Å². The van der Waals surface area contributed by atoms with Crippen LogP contribution in [0.2, 0.25) is 0 Å². The molecule has 3 rings (SSSR count). The molecule has 0 bridgehead atoms. The maximum atomic E-state index is 10.8. The minimum absolute atomic E-state index is 0.382. The molecule has 3 N–H and O–H groups in total. The molecule has 1 atom stereocenters. The van der Waals surface area contributed by atoms with Gasteiger partial charge in [-0.05, 0) is 57.1 Å². The van der Waals surface area contributed by atoms with Crippen molar-refractivity contribution in [1.29, 1.82) is 0 Å². The summed E-state index contributed by atoms with van der Waals surface area (Å²) in [7, 11) is 2.21. The topological polar surface area (TPSA) is 63.1 Å². The van der Waals surface area contributed by atoms with Crippen molar-refractivity contribution in [3.63, 3.8) is 0 Å². The number of aliphatic imine (C=N–C) groups is 1. The van der Waals surface area contributed by atoms with Gasteiger partial charge in [-0.1, -0.05) is 54.6 Å². The Morgan fingerprint density at radius 1 is 0.969 bits per heavy atom. The van der Waals surface area contributed by atoms with Crippen LogP contribution in [0.3, 0.4) is 0 Å². The fourth-order valence-corrected chi connectivity index (χ4v) is 3.93. The lowest BCUT2D eigenvalue weighted by atomic mass is 9.96. The molecule has 6 heteroatoms. The predicted octanol–water partition coefficient (Wildman–Crippen LogP) is 2.79. The molecule has 32 heavy (non-hydrogen) atoms. The molecule has 0 aliphatic carbocycles. The van der Waals surface area contributed by atoms with E-state index in [9.17, 15) is 5.11 Å². The number of guanidine groups is 1. The minimum Gasteiger partial charge on any atom is -0.384 e. The van der Waals surface area contributed by atoms with Crippen molar-refractivity contribution in [2.45, 2.75) is 39.0 Å². The summed E-state index contributed by atoms with van der Waals surface area (Å²) in [6, 6.07) is 18.5. The number of benzene rings is 2. The highest BCUT2D eigenvalue weighted by Gasteiger charge is 2.23. The summed E-state index contributed by atoms with van der Waals surface area (Å²) in [4.78, 5) is 9.67. The maximum absolute atomic E-state index is 10.8.